The summed E-state index contributed by atoms with van der Waals surface area (Å²) in [6.07, 6.45) is 0. The molecule has 0 spiro atoms. The summed E-state index contributed by atoms with van der Waals surface area (Å²) in [5.41, 5.74) is 0.731. The predicted octanol–water partition coefficient (Wildman–Crippen LogP) is 5.21. The second-order valence-corrected chi connectivity index (χ2v) is 7.55. The van der Waals surface area contributed by atoms with Gasteiger partial charge in [-0.05, 0) is 24.7 Å². The fourth-order valence-electron chi connectivity index (χ4n) is 2.45. The molecule has 29 heavy (non-hydrogen) atoms. The molecule has 0 fully saturated rings. The average Bonchev–Trinajstić information content (AvgIpc) is 2.69. The number of hydrogen-bond donors (Lipinski definition) is 2. The van der Waals surface area contributed by atoms with Gasteiger partial charge in [-0.2, -0.15) is 0 Å². The second-order valence-electron chi connectivity index (χ2n) is 5.97. The van der Waals surface area contributed by atoms with Crippen molar-refractivity contribution in [2.45, 2.75) is 6.92 Å². The molecule has 0 saturated carbocycles. The molecule has 2 amide bonds. The maximum absolute atomic E-state index is 12.4. The zero-order valence-corrected chi connectivity index (χ0v) is 18.7. The third-order valence-corrected chi connectivity index (χ3v) is 5.49. The van der Waals surface area contributed by atoms with Crippen molar-refractivity contribution in [3.63, 3.8) is 0 Å². The zero-order valence-electron chi connectivity index (χ0n) is 15.7. The number of methoxy groups -OCH3 is 1. The van der Waals surface area contributed by atoms with Crippen LogP contribution in [0.2, 0.25) is 20.1 Å². The number of amides is 2. The van der Waals surface area contributed by atoms with Crippen LogP contribution in [0.1, 0.15) is 6.92 Å². The van der Waals surface area contributed by atoms with Gasteiger partial charge in [0, 0.05) is 11.8 Å². The lowest BCUT2D eigenvalue weighted by atomic mass is 10.3. The Morgan fingerprint density at radius 2 is 1.55 bits per heavy atom. The number of carbonyl (C=O) groups is 2. The van der Waals surface area contributed by atoms with Gasteiger partial charge >= 0.3 is 0 Å². The summed E-state index contributed by atoms with van der Waals surface area (Å²) in [4.78, 5) is 26.4. The lowest BCUT2D eigenvalue weighted by Gasteiger charge is -2.20. The molecule has 0 heterocycles. The molecule has 2 rings (SSSR count). The Bertz CT molecular complexity index is 882. The molecule has 0 aliphatic heterocycles. The highest BCUT2D eigenvalue weighted by molar-refractivity contribution is 6.50. The molecule has 0 radical (unpaired) electrons. The first-order chi connectivity index (χ1) is 13.7. The van der Waals surface area contributed by atoms with Crippen LogP contribution in [0.3, 0.4) is 0 Å². The van der Waals surface area contributed by atoms with Crippen molar-refractivity contribution in [2.75, 3.05) is 37.4 Å². The van der Waals surface area contributed by atoms with Crippen LogP contribution in [0.15, 0.2) is 30.3 Å². The topological polar surface area (TPSA) is 70.7 Å². The van der Waals surface area contributed by atoms with Crippen molar-refractivity contribution in [2.24, 2.45) is 0 Å². The summed E-state index contributed by atoms with van der Waals surface area (Å²) in [6.45, 7) is 2.26. The zero-order chi connectivity index (χ0) is 21.6. The van der Waals surface area contributed by atoms with Gasteiger partial charge in [-0.25, -0.2) is 0 Å². The Morgan fingerprint density at radius 3 is 2.10 bits per heavy atom. The molecule has 2 aromatic rings. The van der Waals surface area contributed by atoms with Crippen molar-refractivity contribution >= 4 is 69.6 Å². The molecule has 2 N–H and O–H groups in total. The van der Waals surface area contributed by atoms with Crippen molar-refractivity contribution in [3.8, 4) is 5.75 Å². The van der Waals surface area contributed by atoms with E-state index in [-0.39, 0.29) is 44.8 Å². The highest BCUT2D eigenvalue weighted by Crippen LogP contribution is 2.40. The van der Waals surface area contributed by atoms with Gasteiger partial charge in [-0.1, -0.05) is 59.4 Å². The Kier molecular flexibility index (Phi) is 8.86. The Hall–Kier alpha value is -1.70. The molecular formula is C19H19Cl4N3O3. The number of nitrogens with zero attached hydrogens (tertiary/aromatic N) is 1. The van der Waals surface area contributed by atoms with Crippen molar-refractivity contribution < 1.29 is 14.3 Å². The Morgan fingerprint density at radius 1 is 0.966 bits per heavy atom. The summed E-state index contributed by atoms with van der Waals surface area (Å²) in [7, 11) is 1.55. The van der Waals surface area contributed by atoms with E-state index in [9.17, 15) is 9.59 Å². The van der Waals surface area contributed by atoms with E-state index in [1.165, 1.54) is 6.07 Å². The summed E-state index contributed by atoms with van der Waals surface area (Å²) in [5.74, 6) is -0.0543. The maximum atomic E-state index is 12.4. The summed E-state index contributed by atoms with van der Waals surface area (Å²) < 4.78 is 5.13. The van der Waals surface area contributed by atoms with Crippen LogP contribution in [0.5, 0.6) is 5.75 Å². The lowest BCUT2D eigenvalue weighted by molar-refractivity contribution is -0.119. The van der Waals surface area contributed by atoms with E-state index >= 15 is 0 Å². The van der Waals surface area contributed by atoms with E-state index in [4.69, 9.17) is 51.1 Å². The van der Waals surface area contributed by atoms with Gasteiger partial charge in [-0.3, -0.25) is 14.5 Å². The standard InChI is InChI=1S/C19H19Cl4N3O3/c1-3-26(9-15(27)24-11-5-4-6-12(7-11)29-2)10-16(28)25-19-17(22)13(20)8-14(21)18(19)23/h4-8H,3,9-10H2,1-2H3,(H,24,27)(H,25,28). The van der Waals surface area contributed by atoms with Crippen LogP contribution >= 0.6 is 46.4 Å². The Balaban J connectivity index is 1.99. The quantitative estimate of drug-likeness (QED) is 0.511. The number of benzene rings is 2. The average molecular weight is 479 g/mol. The first-order valence-electron chi connectivity index (χ1n) is 8.54. The highest BCUT2D eigenvalue weighted by Gasteiger charge is 2.19. The van der Waals surface area contributed by atoms with E-state index in [1.54, 1.807) is 36.3 Å². The normalized spacial score (nSPS) is 10.7. The van der Waals surface area contributed by atoms with E-state index < -0.39 is 5.91 Å². The maximum Gasteiger partial charge on any atom is 0.238 e. The minimum Gasteiger partial charge on any atom is -0.497 e. The first-order valence-corrected chi connectivity index (χ1v) is 10.1. The van der Waals surface area contributed by atoms with Gasteiger partial charge in [0.15, 0.2) is 0 Å². The van der Waals surface area contributed by atoms with Crippen LogP contribution < -0.4 is 15.4 Å². The molecule has 156 valence electrons. The molecule has 0 bridgehead atoms. The molecule has 0 aromatic heterocycles. The number of likely N-dealkylation sites (N-methyl/N-ethyl adjacent to an activating group) is 1. The number of nitrogens with one attached hydrogen (secondary N) is 2. The van der Waals surface area contributed by atoms with Crippen LogP contribution in [0, 0.1) is 0 Å². The SMILES string of the molecule is CCN(CC(=O)Nc1cccc(OC)c1)CC(=O)Nc1c(Cl)c(Cl)cc(Cl)c1Cl. The monoisotopic (exact) mass is 477 g/mol. The van der Waals surface area contributed by atoms with Gasteiger partial charge in [0.2, 0.25) is 11.8 Å². The Labute approximate surface area is 189 Å². The van der Waals surface area contributed by atoms with Crippen LogP contribution in [0.4, 0.5) is 11.4 Å². The molecule has 0 aliphatic rings. The summed E-state index contributed by atoms with van der Waals surface area (Å²) in [5, 5.41) is 5.89. The molecule has 0 unspecified atom stereocenters. The van der Waals surface area contributed by atoms with Gasteiger partial charge in [0.25, 0.3) is 0 Å². The van der Waals surface area contributed by atoms with Crippen LogP contribution in [-0.4, -0.2) is 43.5 Å². The largest absolute Gasteiger partial charge is 0.497 e. The van der Waals surface area contributed by atoms with Gasteiger partial charge in [0.1, 0.15) is 5.75 Å². The number of anilines is 2. The third-order valence-electron chi connectivity index (χ3n) is 3.91. The molecule has 6 nitrogen and oxygen atoms in total. The van der Waals surface area contributed by atoms with Gasteiger partial charge < -0.3 is 15.4 Å². The number of ether oxygens (including phenoxy) is 1. The van der Waals surface area contributed by atoms with E-state index in [1.807, 2.05) is 6.92 Å². The summed E-state index contributed by atoms with van der Waals surface area (Å²) in [6, 6.07) is 8.38. The van der Waals surface area contributed by atoms with Gasteiger partial charge in [-0.15, -0.1) is 0 Å². The summed E-state index contributed by atoms with van der Waals surface area (Å²) >= 11 is 24.2. The van der Waals surface area contributed by atoms with E-state index in [2.05, 4.69) is 10.6 Å². The minimum atomic E-state index is -0.414. The van der Waals surface area contributed by atoms with E-state index in [0.29, 0.717) is 18.0 Å². The smallest absolute Gasteiger partial charge is 0.238 e. The second kappa shape index (κ2) is 10.9. The predicted molar refractivity (Wildman–Crippen MR) is 119 cm³/mol. The van der Waals surface area contributed by atoms with Crippen LogP contribution in [0.25, 0.3) is 0 Å². The minimum absolute atomic E-state index is 0.0128. The number of rotatable bonds is 8. The molecular weight excluding hydrogens is 460 g/mol. The fraction of sp³-hybridized carbons (Fsp3) is 0.263. The molecule has 0 aliphatic carbocycles. The van der Waals surface area contributed by atoms with Crippen LogP contribution in [-0.2, 0) is 9.59 Å². The van der Waals surface area contributed by atoms with Crippen molar-refractivity contribution in [3.05, 3.63) is 50.4 Å². The van der Waals surface area contributed by atoms with Crippen molar-refractivity contribution in [1.82, 2.24) is 4.90 Å². The lowest BCUT2D eigenvalue weighted by Crippen LogP contribution is -2.38. The molecule has 0 atom stereocenters. The van der Waals surface area contributed by atoms with Gasteiger partial charge in [0.05, 0.1) is 46.0 Å². The van der Waals surface area contributed by atoms with Crippen molar-refractivity contribution in [1.29, 1.82) is 0 Å². The van der Waals surface area contributed by atoms with E-state index in [0.717, 1.165) is 0 Å². The molecule has 0 saturated heterocycles. The fourth-order valence-corrected chi connectivity index (χ4v) is 3.35. The third kappa shape index (κ3) is 6.66. The molecule has 10 heteroatoms. The number of halogens is 4. The highest BCUT2D eigenvalue weighted by atomic mass is 35.5. The first kappa shape index (κ1) is 23.6. The molecule has 2 aromatic carbocycles. The number of carbonyl (C=O) groups excluding carboxylic acids is 2. The number of hydrogen-bond acceptors (Lipinski definition) is 4.